The molecule has 3 N–H and O–H groups in total. The number of aliphatic hydroxyl groups excluding tert-OH is 1. The number of nitrogens with one attached hydrogen (secondary N) is 1. The number of unbranched alkanes of at least 4 members (excludes halogenated alkanes) is 54. The fourth-order valence-corrected chi connectivity index (χ4v) is 12.4. The van der Waals surface area contributed by atoms with Gasteiger partial charge in [0, 0.05) is 6.42 Å². The molecule has 8 nitrogen and oxygen atoms in total. The molecule has 0 aliphatic carbocycles. The van der Waals surface area contributed by atoms with E-state index in [9.17, 15) is 19.4 Å². The van der Waals surface area contributed by atoms with E-state index in [4.69, 9.17) is 9.05 Å². The van der Waals surface area contributed by atoms with Gasteiger partial charge in [-0.25, -0.2) is 4.57 Å². The van der Waals surface area contributed by atoms with Crippen molar-refractivity contribution in [1.29, 1.82) is 0 Å². The summed E-state index contributed by atoms with van der Waals surface area (Å²) < 4.78 is 23.8. The molecule has 504 valence electrons. The number of carbonyl (C=O) groups is 1. The molecule has 0 saturated carbocycles. The first-order valence-corrected chi connectivity index (χ1v) is 39.4. The molecule has 0 aliphatic heterocycles. The Balaban J connectivity index is 3.98. The highest BCUT2D eigenvalue weighted by Crippen LogP contribution is 2.43. The smallest absolute Gasteiger partial charge is 0.387 e. The van der Waals surface area contributed by atoms with Crippen LogP contribution >= 0.6 is 7.82 Å². The molecule has 0 aromatic carbocycles. The van der Waals surface area contributed by atoms with Crippen LogP contribution in [0, 0.1) is 0 Å². The summed E-state index contributed by atoms with van der Waals surface area (Å²) in [5.74, 6) is -0.178. The number of hydrogen-bond acceptors (Lipinski definition) is 5. The summed E-state index contributed by atoms with van der Waals surface area (Å²) in [4.78, 5) is 23.4. The van der Waals surface area contributed by atoms with E-state index in [1.807, 2.05) is 27.2 Å². The Morgan fingerprint density at radius 3 is 0.941 bits per heavy atom. The monoisotopic (exact) mass is 1220 g/mol. The number of quaternary nitrogens is 1. The predicted molar refractivity (Wildman–Crippen MR) is 374 cm³/mol. The third kappa shape index (κ3) is 70.0. The first kappa shape index (κ1) is 83.7. The second kappa shape index (κ2) is 67.1. The minimum Gasteiger partial charge on any atom is -0.387 e. The fourth-order valence-electron chi connectivity index (χ4n) is 11.7. The molecule has 0 aromatic rings. The van der Waals surface area contributed by atoms with Gasteiger partial charge in [-0.3, -0.25) is 13.8 Å². The van der Waals surface area contributed by atoms with Gasteiger partial charge in [0.1, 0.15) is 13.2 Å². The zero-order valence-corrected chi connectivity index (χ0v) is 58.8. The largest absolute Gasteiger partial charge is 0.472 e. The molecule has 3 unspecified atom stereocenters. The minimum atomic E-state index is -4.36. The van der Waals surface area contributed by atoms with Gasteiger partial charge in [0.05, 0.1) is 39.9 Å². The molecule has 0 saturated heterocycles. The van der Waals surface area contributed by atoms with Gasteiger partial charge in [0.25, 0.3) is 0 Å². The standard InChI is InChI=1S/C76H149N2O6P/c1-6-8-10-12-14-16-18-20-22-24-26-28-30-32-34-35-36-37-38-39-40-41-42-43-44-46-48-50-52-54-56-58-60-62-64-66-68-70-76(80)77-74(73-84-85(81,82)83-72-71-78(3,4)5)75(79)69-67-65-63-61-59-57-55-53-51-49-47-45-33-31-29-27-25-23-21-19-17-15-13-11-9-7-2/h24,26,59,61,67,69,74-75,79H,6-23,25,27-58,60,62-66,68,70-73H2,1-5H3,(H-,77,80,81,82)/p+1/b26-24-,61-59+,69-67+. The third-order valence-corrected chi connectivity index (χ3v) is 18.6. The van der Waals surface area contributed by atoms with Crippen LogP contribution in [0.25, 0.3) is 0 Å². The maximum Gasteiger partial charge on any atom is 0.472 e. The van der Waals surface area contributed by atoms with Gasteiger partial charge in [0.15, 0.2) is 0 Å². The number of phosphoric ester groups is 1. The molecule has 85 heavy (non-hydrogen) atoms. The van der Waals surface area contributed by atoms with Crippen molar-refractivity contribution in [3.63, 3.8) is 0 Å². The molecule has 0 bridgehead atoms. The second-order valence-electron chi connectivity index (χ2n) is 27.4. The van der Waals surface area contributed by atoms with Gasteiger partial charge in [-0.15, -0.1) is 0 Å². The fraction of sp³-hybridized carbons (Fsp3) is 0.908. The SMILES string of the molecule is CCCCCCCCCC/C=C\CCCCCCCCCCCCCCCCCCCCCCCCCCCC(=O)NC(COP(=O)(O)OCC[N+](C)(C)C)C(O)/C=C/CC/C=C/CCCCCCCCCCCCCCCCCCCCCC. The Hall–Kier alpha value is -1.28. The summed E-state index contributed by atoms with van der Waals surface area (Å²) in [7, 11) is 1.57. The highest BCUT2D eigenvalue weighted by molar-refractivity contribution is 7.47. The summed E-state index contributed by atoms with van der Waals surface area (Å²) in [5.41, 5.74) is 0. The molecule has 9 heteroatoms. The maximum absolute atomic E-state index is 13.1. The van der Waals surface area contributed by atoms with E-state index in [1.54, 1.807) is 6.08 Å². The van der Waals surface area contributed by atoms with Crippen LogP contribution in [0.15, 0.2) is 36.5 Å². The molecule has 0 radical (unpaired) electrons. The van der Waals surface area contributed by atoms with E-state index < -0.39 is 20.0 Å². The zero-order valence-electron chi connectivity index (χ0n) is 57.9. The van der Waals surface area contributed by atoms with Crippen molar-refractivity contribution in [2.75, 3.05) is 40.9 Å². The van der Waals surface area contributed by atoms with Crippen LogP contribution in [0.4, 0.5) is 0 Å². The lowest BCUT2D eigenvalue weighted by atomic mass is 10.0. The topological polar surface area (TPSA) is 105 Å². The van der Waals surface area contributed by atoms with E-state index in [0.29, 0.717) is 17.4 Å². The van der Waals surface area contributed by atoms with E-state index >= 15 is 0 Å². The normalized spacial score (nSPS) is 13.7. The van der Waals surface area contributed by atoms with Crippen LogP contribution in [-0.2, 0) is 18.4 Å². The summed E-state index contributed by atoms with van der Waals surface area (Å²) in [5, 5.41) is 14.0. The van der Waals surface area contributed by atoms with Gasteiger partial charge in [0.2, 0.25) is 5.91 Å². The number of nitrogens with zero attached hydrogens (tertiary/aromatic N) is 1. The number of amides is 1. The van der Waals surface area contributed by atoms with E-state index in [2.05, 4.69) is 43.5 Å². The van der Waals surface area contributed by atoms with Crippen LogP contribution in [0.3, 0.4) is 0 Å². The molecule has 0 aromatic heterocycles. The molecular formula is C76H150N2O6P+. The van der Waals surface area contributed by atoms with Gasteiger partial charge in [-0.05, 0) is 57.8 Å². The van der Waals surface area contributed by atoms with Crippen LogP contribution in [0.2, 0.25) is 0 Å². The minimum absolute atomic E-state index is 0.0584. The highest BCUT2D eigenvalue weighted by atomic mass is 31.2. The molecule has 0 aliphatic rings. The predicted octanol–water partition coefficient (Wildman–Crippen LogP) is 24.4. The van der Waals surface area contributed by atoms with Crippen LogP contribution in [0.5, 0.6) is 0 Å². The Kier molecular flexibility index (Phi) is 66.1. The first-order chi connectivity index (χ1) is 41.5. The number of hydrogen-bond donors (Lipinski definition) is 3. The van der Waals surface area contributed by atoms with E-state index in [1.165, 1.54) is 334 Å². The lowest BCUT2D eigenvalue weighted by Gasteiger charge is -2.25. The molecule has 3 atom stereocenters. The van der Waals surface area contributed by atoms with Crippen molar-refractivity contribution in [2.24, 2.45) is 0 Å². The van der Waals surface area contributed by atoms with Crippen LogP contribution < -0.4 is 5.32 Å². The van der Waals surface area contributed by atoms with Crippen molar-refractivity contribution in [2.45, 2.75) is 405 Å². The summed E-state index contributed by atoms with van der Waals surface area (Å²) in [6, 6.07) is -0.863. The van der Waals surface area contributed by atoms with Crippen molar-refractivity contribution in [1.82, 2.24) is 5.32 Å². The molecular weight excluding hydrogens is 1070 g/mol. The third-order valence-electron chi connectivity index (χ3n) is 17.6. The Bertz CT molecular complexity index is 1480. The van der Waals surface area contributed by atoms with Gasteiger partial charge in [-0.2, -0.15) is 0 Å². The first-order valence-electron chi connectivity index (χ1n) is 37.9. The number of allylic oxidation sites excluding steroid dienone is 5. The lowest BCUT2D eigenvalue weighted by molar-refractivity contribution is -0.870. The molecule has 0 heterocycles. The van der Waals surface area contributed by atoms with Crippen molar-refractivity contribution in [3.8, 4) is 0 Å². The van der Waals surface area contributed by atoms with E-state index in [0.717, 1.165) is 38.5 Å². The molecule has 0 rings (SSSR count). The molecule has 1 amide bonds. The number of phosphoric acid groups is 1. The Morgan fingerprint density at radius 2 is 0.647 bits per heavy atom. The van der Waals surface area contributed by atoms with E-state index in [-0.39, 0.29) is 19.1 Å². The Labute approximate surface area is 531 Å². The Morgan fingerprint density at radius 1 is 0.388 bits per heavy atom. The molecule has 0 fully saturated rings. The van der Waals surface area contributed by atoms with Crippen molar-refractivity contribution >= 4 is 13.7 Å². The zero-order chi connectivity index (χ0) is 61.9. The second-order valence-corrected chi connectivity index (χ2v) is 28.8. The van der Waals surface area contributed by atoms with Gasteiger partial charge in [-0.1, -0.05) is 365 Å². The average molecular weight is 1220 g/mol. The maximum atomic E-state index is 13.1. The number of aliphatic hydroxyl groups is 1. The summed E-state index contributed by atoms with van der Waals surface area (Å²) >= 11 is 0. The van der Waals surface area contributed by atoms with Gasteiger partial charge >= 0.3 is 7.82 Å². The van der Waals surface area contributed by atoms with Gasteiger partial charge < -0.3 is 19.8 Å². The number of likely N-dealkylation sites (N-methyl/N-ethyl adjacent to an activating group) is 1. The summed E-state index contributed by atoms with van der Waals surface area (Å²) in [6.45, 7) is 4.86. The lowest BCUT2D eigenvalue weighted by Crippen LogP contribution is -2.45. The van der Waals surface area contributed by atoms with Crippen molar-refractivity contribution in [3.05, 3.63) is 36.5 Å². The van der Waals surface area contributed by atoms with Crippen LogP contribution in [-0.4, -0.2) is 73.4 Å². The summed E-state index contributed by atoms with van der Waals surface area (Å²) in [6.07, 6.45) is 90.5. The highest BCUT2D eigenvalue weighted by Gasteiger charge is 2.28. The molecule has 0 spiro atoms. The van der Waals surface area contributed by atoms with Crippen molar-refractivity contribution < 1.29 is 32.9 Å². The van der Waals surface area contributed by atoms with Crippen LogP contribution in [0.1, 0.15) is 393 Å². The number of carbonyl (C=O) groups excluding carboxylic acids is 1. The number of rotatable bonds is 71. The average Bonchev–Trinajstić information content (AvgIpc) is 3.49. The quantitative estimate of drug-likeness (QED) is 0.0243.